The standard InChI is InChI=1S/C13H15N3O2/c1-3-11(13-15-9-18-16-13)4-2-10(1)7-14-12-5-6-17-8-12/h1-4,9,12,14H,5-8H2. The van der Waals surface area contributed by atoms with Gasteiger partial charge in [0.1, 0.15) is 0 Å². The van der Waals surface area contributed by atoms with Crippen LogP contribution in [-0.2, 0) is 11.3 Å². The minimum atomic E-state index is 0.488. The lowest BCUT2D eigenvalue weighted by molar-refractivity contribution is 0.190. The van der Waals surface area contributed by atoms with Crippen LogP contribution in [0.4, 0.5) is 0 Å². The molecule has 18 heavy (non-hydrogen) atoms. The summed E-state index contributed by atoms with van der Waals surface area (Å²) in [6, 6.07) is 8.66. The number of nitrogens with one attached hydrogen (secondary N) is 1. The minimum absolute atomic E-state index is 0.488. The Balaban J connectivity index is 1.60. The molecule has 0 spiro atoms. The predicted octanol–water partition coefficient (Wildman–Crippen LogP) is 1.62. The van der Waals surface area contributed by atoms with Gasteiger partial charge >= 0.3 is 0 Å². The topological polar surface area (TPSA) is 60.2 Å². The van der Waals surface area contributed by atoms with Crippen LogP contribution in [0.1, 0.15) is 12.0 Å². The quantitative estimate of drug-likeness (QED) is 0.886. The van der Waals surface area contributed by atoms with Gasteiger partial charge in [-0.3, -0.25) is 0 Å². The molecular formula is C13H15N3O2. The summed E-state index contributed by atoms with van der Waals surface area (Å²) in [4.78, 5) is 4.02. The number of nitrogens with zero attached hydrogens (tertiary/aromatic N) is 2. The van der Waals surface area contributed by atoms with E-state index in [4.69, 9.17) is 9.26 Å². The number of aromatic nitrogens is 2. The van der Waals surface area contributed by atoms with E-state index in [1.807, 2.05) is 12.1 Å². The summed E-state index contributed by atoms with van der Waals surface area (Å²) in [7, 11) is 0. The van der Waals surface area contributed by atoms with Crippen molar-refractivity contribution in [1.29, 1.82) is 0 Å². The average molecular weight is 245 g/mol. The lowest BCUT2D eigenvalue weighted by Gasteiger charge is -2.10. The fourth-order valence-corrected chi connectivity index (χ4v) is 2.03. The fraction of sp³-hybridized carbons (Fsp3) is 0.385. The molecule has 3 rings (SSSR count). The predicted molar refractivity (Wildman–Crippen MR) is 65.8 cm³/mol. The lowest BCUT2D eigenvalue weighted by atomic mass is 10.1. The molecule has 0 radical (unpaired) electrons. The SMILES string of the molecule is c1nc(-c2ccc(CNC3CCOC3)cc2)no1. The van der Waals surface area contributed by atoms with Crippen molar-refractivity contribution in [3.05, 3.63) is 36.2 Å². The number of rotatable bonds is 4. The Kier molecular flexibility index (Phi) is 3.34. The van der Waals surface area contributed by atoms with Crippen molar-refractivity contribution in [2.24, 2.45) is 0 Å². The summed E-state index contributed by atoms with van der Waals surface area (Å²) < 4.78 is 10.1. The van der Waals surface area contributed by atoms with Gasteiger partial charge in [-0.2, -0.15) is 4.98 Å². The summed E-state index contributed by atoms with van der Waals surface area (Å²) in [5.74, 6) is 0.624. The third-order valence-corrected chi connectivity index (χ3v) is 3.10. The molecule has 2 heterocycles. The van der Waals surface area contributed by atoms with E-state index in [1.165, 1.54) is 12.0 Å². The van der Waals surface area contributed by atoms with Gasteiger partial charge in [0, 0.05) is 24.8 Å². The van der Waals surface area contributed by atoms with Crippen molar-refractivity contribution in [2.45, 2.75) is 19.0 Å². The van der Waals surface area contributed by atoms with Gasteiger partial charge in [-0.05, 0) is 12.0 Å². The molecular weight excluding hydrogens is 230 g/mol. The minimum Gasteiger partial charge on any atom is -0.380 e. The van der Waals surface area contributed by atoms with Crippen molar-refractivity contribution < 1.29 is 9.26 Å². The molecule has 94 valence electrons. The highest BCUT2D eigenvalue weighted by Gasteiger charge is 2.14. The van der Waals surface area contributed by atoms with Crippen LogP contribution < -0.4 is 5.32 Å². The summed E-state index contributed by atoms with van der Waals surface area (Å²) in [6.07, 6.45) is 2.44. The van der Waals surface area contributed by atoms with E-state index in [2.05, 4.69) is 27.6 Å². The van der Waals surface area contributed by atoms with Crippen LogP contribution in [0.5, 0.6) is 0 Å². The summed E-state index contributed by atoms with van der Waals surface area (Å²) >= 11 is 0. The van der Waals surface area contributed by atoms with Gasteiger partial charge in [0.05, 0.1) is 6.61 Å². The molecule has 0 aliphatic carbocycles. The highest BCUT2D eigenvalue weighted by atomic mass is 16.5. The van der Waals surface area contributed by atoms with Crippen molar-refractivity contribution in [2.75, 3.05) is 13.2 Å². The second-order valence-electron chi connectivity index (χ2n) is 4.39. The highest BCUT2D eigenvalue weighted by Crippen LogP contribution is 2.15. The van der Waals surface area contributed by atoms with Crippen LogP contribution in [-0.4, -0.2) is 29.4 Å². The van der Waals surface area contributed by atoms with Crippen molar-refractivity contribution >= 4 is 0 Å². The zero-order valence-corrected chi connectivity index (χ0v) is 10.0. The van der Waals surface area contributed by atoms with E-state index < -0.39 is 0 Å². The summed E-state index contributed by atoms with van der Waals surface area (Å²) in [5, 5.41) is 7.28. The van der Waals surface area contributed by atoms with Crippen LogP contribution in [0.15, 0.2) is 35.2 Å². The van der Waals surface area contributed by atoms with Crippen LogP contribution in [0, 0.1) is 0 Å². The molecule has 2 aromatic rings. The van der Waals surface area contributed by atoms with Gasteiger partial charge in [-0.15, -0.1) is 0 Å². The maximum atomic E-state index is 5.32. The Hall–Kier alpha value is -1.72. The van der Waals surface area contributed by atoms with E-state index in [1.54, 1.807) is 0 Å². The monoisotopic (exact) mass is 245 g/mol. The van der Waals surface area contributed by atoms with Gasteiger partial charge in [0.25, 0.3) is 0 Å². The average Bonchev–Trinajstić information content (AvgIpc) is 3.10. The molecule has 1 atom stereocenters. The van der Waals surface area contributed by atoms with Crippen LogP contribution >= 0.6 is 0 Å². The maximum Gasteiger partial charge on any atom is 0.214 e. The molecule has 1 aromatic heterocycles. The highest BCUT2D eigenvalue weighted by molar-refractivity contribution is 5.54. The van der Waals surface area contributed by atoms with Crippen molar-refractivity contribution in [3.8, 4) is 11.4 Å². The normalized spacial score (nSPS) is 19.2. The number of benzene rings is 1. The summed E-state index contributed by atoms with van der Waals surface area (Å²) in [6.45, 7) is 2.55. The lowest BCUT2D eigenvalue weighted by Crippen LogP contribution is -2.28. The number of hydrogen-bond acceptors (Lipinski definition) is 5. The number of ether oxygens (including phenoxy) is 1. The Labute approximate surface area is 105 Å². The first-order chi connectivity index (χ1) is 8.92. The van der Waals surface area contributed by atoms with Gasteiger partial charge in [0.2, 0.25) is 12.2 Å². The molecule has 1 unspecified atom stereocenters. The van der Waals surface area contributed by atoms with Crippen molar-refractivity contribution in [1.82, 2.24) is 15.5 Å². The molecule has 5 nitrogen and oxygen atoms in total. The Morgan fingerprint density at radius 2 is 2.17 bits per heavy atom. The second kappa shape index (κ2) is 5.29. The zero-order chi connectivity index (χ0) is 12.2. The van der Waals surface area contributed by atoms with E-state index >= 15 is 0 Å². The van der Waals surface area contributed by atoms with E-state index in [9.17, 15) is 0 Å². The first-order valence-electron chi connectivity index (χ1n) is 6.08. The smallest absolute Gasteiger partial charge is 0.214 e. The van der Waals surface area contributed by atoms with E-state index in [0.29, 0.717) is 11.9 Å². The first-order valence-corrected chi connectivity index (χ1v) is 6.08. The van der Waals surface area contributed by atoms with Gasteiger partial charge in [-0.1, -0.05) is 29.4 Å². The van der Waals surface area contributed by atoms with Gasteiger partial charge < -0.3 is 14.6 Å². The fourth-order valence-electron chi connectivity index (χ4n) is 2.03. The third-order valence-electron chi connectivity index (χ3n) is 3.10. The van der Waals surface area contributed by atoms with Crippen LogP contribution in [0.2, 0.25) is 0 Å². The maximum absolute atomic E-state index is 5.32. The molecule has 1 saturated heterocycles. The third kappa shape index (κ3) is 2.57. The largest absolute Gasteiger partial charge is 0.380 e. The Morgan fingerprint density at radius 3 is 2.83 bits per heavy atom. The molecule has 0 bridgehead atoms. The summed E-state index contributed by atoms with van der Waals surface area (Å²) in [5.41, 5.74) is 2.21. The molecule has 1 fully saturated rings. The molecule has 0 amide bonds. The van der Waals surface area contributed by atoms with Crippen molar-refractivity contribution in [3.63, 3.8) is 0 Å². The Bertz CT molecular complexity index is 475. The zero-order valence-electron chi connectivity index (χ0n) is 10.0. The van der Waals surface area contributed by atoms with E-state index in [0.717, 1.165) is 31.7 Å². The van der Waals surface area contributed by atoms with Gasteiger partial charge in [0.15, 0.2) is 0 Å². The molecule has 1 aliphatic heterocycles. The van der Waals surface area contributed by atoms with E-state index in [-0.39, 0.29) is 0 Å². The second-order valence-corrected chi connectivity index (χ2v) is 4.39. The van der Waals surface area contributed by atoms with Crippen LogP contribution in [0.3, 0.4) is 0 Å². The molecule has 0 saturated carbocycles. The molecule has 1 aliphatic rings. The molecule has 1 N–H and O–H groups in total. The first kappa shape index (κ1) is 11.4. The Morgan fingerprint density at radius 1 is 1.28 bits per heavy atom. The van der Waals surface area contributed by atoms with Crippen LogP contribution in [0.25, 0.3) is 11.4 Å². The molecule has 5 heteroatoms. The van der Waals surface area contributed by atoms with Gasteiger partial charge in [-0.25, -0.2) is 0 Å². The number of hydrogen-bond donors (Lipinski definition) is 1. The molecule has 1 aromatic carbocycles.